The zero-order valence-electron chi connectivity index (χ0n) is 15.6. The number of aryl methyl sites for hydroxylation is 1. The van der Waals surface area contributed by atoms with E-state index in [0.29, 0.717) is 6.61 Å². The van der Waals surface area contributed by atoms with Crippen molar-refractivity contribution < 1.29 is 4.74 Å². The summed E-state index contributed by atoms with van der Waals surface area (Å²) >= 11 is 0. The van der Waals surface area contributed by atoms with E-state index < -0.39 is 0 Å². The van der Waals surface area contributed by atoms with E-state index >= 15 is 0 Å². The van der Waals surface area contributed by atoms with Crippen molar-refractivity contribution in [3.8, 4) is 5.75 Å². The monoisotopic (exact) mass is 332 g/mol. The van der Waals surface area contributed by atoms with Gasteiger partial charge in [0, 0.05) is 0 Å². The quantitative estimate of drug-likeness (QED) is 0.486. The highest BCUT2D eigenvalue weighted by Gasteiger charge is 2.01. The van der Waals surface area contributed by atoms with Crippen molar-refractivity contribution in [3.63, 3.8) is 0 Å². The average molecular weight is 332 g/mol. The highest BCUT2D eigenvalue weighted by Crippen LogP contribution is 2.21. The van der Waals surface area contributed by atoms with Crippen LogP contribution in [0.5, 0.6) is 5.75 Å². The molecular formula is C24H28O. The van der Waals surface area contributed by atoms with Crippen molar-refractivity contribution >= 4 is 5.57 Å². The highest BCUT2D eigenvalue weighted by atomic mass is 16.5. The molecule has 0 saturated carbocycles. The minimum absolute atomic E-state index is 0.594. The molecule has 0 atom stereocenters. The fourth-order valence-corrected chi connectivity index (χ4v) is 2.60. The summed E-state index contributed by atoms with van der Waals surface area (Å²) in [5, 5.41) is 0. The molecule has 0 aromatic heterocycles. The Morgan fingerprint density at radius 3 is 2.48 bits per heavy atom. The molecule has 2 aromatic rings. The number of benzene rings is 2. The summed E-state index contributed by atoms with van der Waals surface area (Å²) in [7, 11) is 0. The molecule has 0 amide bonds. The molecule has 0 aliphatic rings. The summed E-state index contributed by atoms with van der Waals surface area (Å²) in [4.78, 5) is 0. The molecule has 0 aliphatic heterocycles. The Kier molecular flexibility index (Phi) is 7.28. The Labute approximate surface area is 152 Å². The van der Waals surface area contributed by atoms with Crippen LogP contribution in [0.25, 0.3) is 5.57 Å². The lowest BCUT2D eigenvalue weighted by Crippen LogP contribution is -1.96. The second-order valence-corrected chi connectivity index (χ2v) is 6.14. The molecule has 0 saturated heterocycles. The van der Waals surface area contributed by atoms with Crippen LogP contribution in [0.4, 0.5) is 0 Å². The lowest BCUT2D eigenvalue weighted by molar-refractivity contribution is 0.306. The zero-order chi connectivity index (χ0) is 18.1. The molecule has 0 bridgehead atoms. The Balaban J connectivity index is 2.09. The van der Waals surface area contributed by atoms with Gasteiger partial charge in [-0.25, -0.2) is 0 Å². The topological polar surface area (TPSA) is 9.23 Å². The minimum atomic E-state index is 0.594. The molecule has 0 radical (unpaired) electrons. The third-order valence-corrected chi connectivity index (χ3v) is 4.31. The maximum atomic E-state index is 5.99. The molecular weight excluding hydrogens is 304 g/mol. The third kappa shape index (κ3) is 5.79. The van der Waals surface area contributed by atoms with Gasteiger partial charge in [-0.1, -0.05) is 75.1 Å². The maximum absolute atomic E-state index is 5.99. The lowest BCUT2D eigenvalue weighted by atomic mass is 10.1. The van der Waals surface area contributed by atoms with Crippen molar-refractivity contribution in [1.29, 1.82) is 0 Å². The average Bonchev–Trinajstić information content (AvgIpc) is 2.67. The number of hydrogen-bond acceptors (Lipinski definition) is 1. The summed E-state index contributed by atoms with van der Waals surface area (Å²) in [6.45, 7) is 10.9. The van der Waals surface area contributed by atoms with Gasteiger partial charge >= 0.3 is 0 Å². The van der Waals surface area contributed by atoms with Crippen LogP contribution in [0, 0.1) is 0 Å². The Morgan fingerprint density at radius 2 is 1.76 bits per heavy atom. The predicted octanol–water partition coefficient (Wildman–Crippen LogP) is 6.75. The fourth-order valence-electron chi connectivity index (χ4n) is 2.60. The van der Waals surface area contributed by atoms with Crippen LogP contribution in [0.1, 0.15) is 43.9 Å². The fraction of sp³-hybridized carbons (Fsp3) is 0.250. The van der Waals surface area contributed by atoms with Gasteiger partial charge in [-0.2, -0.15) is 0 Å². The van der Waals surface area contributed by atoms with E-state index in [1.807, 2.05) is 18.2 Å². The first-order valence-electron chi connectivity index (χ1n) is 8.97. The van der Waals surface area contributed by atoms with Gasteiger partial charge in [0.05, 0.1) is 0 Å². The summed E-state index contributed by atoms with van der Waals surface area (Å²) in [6.07, 6.45) is 8.22. The summed E-state index contributed by atoms with van der Waals surface area (Å²) in [6, 6.07) is 16.8. The van der Waals surface area contributed by atoms with E-state index in [2.05, 4.69) is 75.9 Å². The molecule has 25 heavy (non-hydrogen) atoms. The SMILES string of the molecule is C=CC(=CC=C(C)c1cccc(OCc2cccc(CC)c2)c1)CC. The standard InChI is InChI=1S/C24H28O/c1-5-20(6-2)15-14-19(4)23-12-9-13-24(17-23)25-18-22-11-8-10-21(7-3)16-22/h5,8-17H,1,6-7,18H2,2-4H3. The van der Waals surface area contributed by atoms with Crippen LogP contribution < -0.4 is 4.74 Å². The molecule has 1 nitrogen and oxygen atoms in total. The van der Waals surface area contributed by atoms with E-state index in [0.717, 1.165) is 18.6 Å². The Hall–Kier alpha value is -2.54. The molecule has 0 heterocycles. The first kappa shape index (κ1) is 18.8. The van der Waals surface area contributed by atoms with Crippen LogP contribution in [-0.2, 0) is 13.0 Å². The largest absolute Gasteiger partial charge is 0.489 e. The second kappa shape index (κ2) is 9.68. The van der Waals surface area contributed by atoms with E-state index in [4.69, 9.17) is 4.74 Å². The Bertz CT molecular complexity index is 765. The van der Waals surface area contributed by atoms with E-state index in [1.165, 1.54) is 27.8 Å². The smallest absolute Gasteiger partial charge is 0.120 e. The van der Waals surface area contributed by atoms with Crippen LogP contribution in [0.2, 0.25) is 0 Å². The molecule has 0 unspecified atom stereocenters. The maximum Gasteiger partial charge on any atom is 0.120 e. The normalized spacial score (nSPS) is 12.1. The van der Waals surface area contributed by atoms with Crippen molar-refractivity contribution in [2.45, 2.75) is 40.2 Å². The number of hydrogen-bond donors (Lipinski definition) is 0. The van der Waals surface area contributed by atoms with Gasteiger partial charge in [0.1, 0.15) is 12.4 Å². The molecule has 130 valence electrons. The van der Waals surface area contributed by atoms with Crippen molar-refractivity contribution in [3.05, 3.63) is 95.6 Å². The van der Waals surface area contributed by atoms with E-state index in [-0.39, 0.29) is 0 Å². The molecule has 2 rings (SSSR count). The summed E-state index contributed by atoms with van der Waals surface area (Å²) in [5.74, 6) is 0.899. The third-order valence-electron chi connectivity index (χ3n) is 4.31. The molecule has 1 heteroatoms. The van der Waals surface area contributed by atoms with Crippen LogP contribution in [-0.4, -0.2) is 0 Å². The van der Waals surface area contributed by atoms with E-state index in [9.17, 15) is 0 Å². The first-order valence-corrected chi connectivity index (χ1v) is 8.97. The van der Waals surface area contributed by atoms with Gasteiger partial charge in [-0.15, -0.1) is 0 Å². The molecule has 0 aliphatic carbocycles. The van der Waals surface area contributed by atoms with Crippen molar-refractivity contribution in [2.24, 2.45) is 0 Å². The van der Waals surface area contributed by atoms with Crippen LogP contribution in [0.3, 0.4) is 0 Å². The van der Waals surface area contributed by atoms with Crippen molar-refractivity contribution in [2.75, 3.05) is 0 Å². The molecule has 2 aromatic carbocycles. The van der Waals surface area contributed by atoms with Gasteiger partial charge in [0.2, 0.25) is 0 Å². The minimum Gasteiger partial charge on any atom is -0.489 e. The second-order valence-electron chi connectivity index (χ2n) is 6.14. The van der Waals surface area contributed by atoms with E-state index in [1.54, 1.807) is 0 Å². The number of ether oxygens (including phenoxy) is 1. The van der Waals surface area contributed by atoms with Gasteiger partial charge in [-0.05, 0) is 59.7 Å². The highest BCUT2D eigenvalue weighted by molar-refractivity contribution is 5.66. The van der Waals surface area contributed by atoms with Crippen molar-refractivity contribution in [1.82, 2.24) is 0 Å². The summed E-state index contributed by atoms with van der Waals surface area (Å²) in [5.41, 5.74) is 6.18. The van der Waals surface area contributed by atoms with Gasteiger partial charge in [0.15, 0.2) is 0 Å². The number of allylic oxidation sites excluding steroid dienone is 5. The van der Waals surface area contributed by atoms with Gasteiger partial charge in [0.25, 0.3) is 0 Å². The van der Waals surface area contributed by atoms with Crippen LogP contribution >= 0.6 is 0 Å². The first-order chi connectivity index (χ1) is 12.2. The molecule has 0 spiro atoms. The predicted molar refractivity (Wildman–Crippen MR) is 109 cm³/mol. The zero-order valence-corrected chi connectivity index (χ0v) is 15.6. The molecule has 0 fully saturated rings. The van der Waals surface area contributed by atoms with Gasteiger partial charge in [-0.3, -0.25) is 0 Å². The molecule has 0 N–H and O–H groups in total. The van der Waals surface area contributed by atoms with Gasteiger partial charge < -0.3 is 4.74 Å². The summed E-state index contributed by atoms with van der Waals surface area (Å²) < 4.78 is 5.99. The number of rotatable bonds is 8. The lowest BCUT2D eigenvalue weighted by Gasteiger charge is -2.09. The Morgan fingerprint density at radius 1 is 1.00 bits per heavy atom. The van der Waals surface area contributed by atoms with Crippen LogP contribution in [0.15, 0.2) is 78.9 Å².